The van der Waals surface area contributed by atoms with E-state index in [1.165, 1.54) is 0 Å². The highest BCUT2D eigenvalue weighted by Gasteiger charge is 2.44. The highest BCUT2D eigenvalue weighted by molar-refractivity contribution is 5.82. The number of fused-ring (bicyclic) bond motifs is 1. The van der Waals surface area contributed by atoms with Crippen molar-refractivity contribution in [3.8, 4) is 0 Å². The predicted octanol–water partition coefficient (Wildman–Crippen LogP) is 2.09. The summed E-state index contributed by atoms with van der Waals surface area (Å²) in [6.07, 6.45) is 2.93. The lowest BCUT2D eigenvalue weighted by molar-refractivity contribution is -0.147. The fraction of sp³-hybridized carbons (Fsp3) is 0.650. The molecule has 0 aliphatic carbocycles. The van der Waals surface area contributed by atoms with Crippen LogP contribution in [0.3, 0.4) is 0 Å². The first kappa shape index (κ1) is 18.8. The van der Waals surface area contributed by atoms with Crippen molar-refractivity contribution in [2.24, 2.45) is 11.3 Å². The van der Waals surface area contributed by atoms with E-state index in [0.717, 1.165) is 25.1 Å². The number of likely N-dealkylation sites (tertiary alicyclic amines) is 1. The average Bonchev–Trinajstić information content (AvgIpc) is 3.03. The number of hydrogen-bond donors (Lipinski definition) is 0. The number of carbonyl (C=O) groups excluding carboxylic acids is 2. The minimum absolute atomic E-state index is 0.00116. The van der Waals surface area contributed by atoms with Crippen LogP contribution in [0.2, 0.25) is 0 Å². The average molecular weight is 359 g/mol. The fourth-order valence-electron chi connectivity index (χ4n) is 3.81. The summed E-state index contributed by atoms with van der Waals surface area (Å²) in [5, 5.41) is 0. The van der Waals surface area contributed by atoms with E-state index in [0.29, 0.717) is 19.0 Å². The van der Waals surface area contributed by atoms with E-state index in [2.05, 4.69) is 4.98 Å². The standard InChI is InChI=1S/C20H29N3O3/c1-20(2,3)19(25)23-10-8-14-11-16(26-17(14)13-23)18(24)22(4)12-15-7-5-6-9-21-15/h5-7,9,14,16-17H,8,10-13H2,1-4H3/t14-,16+,17+/m0/s1. The normalized spacial score (nSPS) is 25.7. The Kier molecular flexibility index (Phi) is 5.32. The molecule has 1 aromatic heterocycles. The zero-order valence-corrected chi connectivity index (χ0v) is 16.1. The second kappa shape index (κ2) is 7.35. The largest absolute Gasteiger partial charge is 0.363 e. The fourth-order valence-corrected chi connectivity index (χ4v) is 3.81. The summed E-state index contributed by atoms with van der Waals surface area (Å²) in [4.78, 5) is 33.1. The molecule has 0 N–H and O–H groups in total. The number of ether oxygens (including phenoxy) is 1. The van der Waals surface area contributed by atoms with E-state index < -0.39 is 6.10 Å². The van der Waals surface area contributed by atoms with Gasteiger partial charge in [0.05, 0.1) is 18.3 Å². The third kappa shape index (κ3) is 4.06. The quantitative estimate of drug-likeness (QED) is 0.829. The van der Waals surface area contributed by atoms with Gasteiger partial charge in [-0.3, -0.25) is 14.6 Å². The highest BCUT2D eigenvalue weighted by Crippen LogP contribution is 2.35. The van der Waals surface area contributed by atoms with Crippen LogP contribution in [0.5, 0.6) is 0 Å². The molecule has 26 heavy (non-hydrogen) atoms. The van der Waals surface area contributed by atoms with Gasteiger partial charge in [0.2, 0.25) is 5.91 Å². The first-order chi connectivity index (χ1) is 12.3. The van der Waals surface area contributed by atoms with E-state index in [1.54, 1.807) is 18.1 Å². The molecule has 142 valence electrons. The molecule has 0 bridgehead atoms. The van der Waals surface area contributed by atoms with Gasteiger partial charge in [0, 0.05) is 31.7 Å². The van der Waals surface area contributed by atoms with Crippen LogP contribution in [0.15, 0.2) is 24.4 Å². The van der Waals surface area contributed by atoms with Gasteiger partial charge >= 0.3 is 0 Å². The van der Waals surface area contributed by atoms with Crippen LogP contribution in [0, 0.1) is 11.3 Å². The topological polar surface area (TPSA) is 62.7 Å². The summed E-state index contributed by atoms with van der Waals surface area (Å²) in [5.41, 5.74) is 0.476. The first-order valence-corrected chi connectivity index (χ1v) is 9.35. The lowest BCUT2D eigenvalue weighted by Crippen LogP contribution is -2.49. The maximum Gasteiger partial charge on any atom is 0.251 e. The van der Waals surface area contributed by atoms with E-state index in [-0.39, 0.29) is 23.3 Å². The third-order valence-electron chi connectivity index (χ3n) is 5.26. The predicted molar refractivity (Wildman–Crippen MR) is 98.1 cm³/mol. The molecule has 1 aromatic rings. The molecular formula is C20H29N3O3. The van der Waals surface area contributed by atoms with E-state index in [4.69, 9.17) is 4.74 Å². The highest BCUT2D eigenvalue weighted by atomic mass is 16.5. The molecule has 2 saturated heterocycles. The van der Waals surface area contributed by atoms with Crippen molar-refractivity contribution in [2.75, 3.05) is 20.1 Å². The first-order valence-electron chi connectivity index (χ1n) is 9.35. The Morgan fingerprint density at radius 3 is 2.77 bits per heavy atom. The van der Waals surface area contributed by atoms with Gasteiger partial charge in [0.15, 0.2) is 0 Å². The van der Waals surface area contributed by atoms with Crippen molar-refractivity contribution in [3.63, 3.8) is 0 Å². The Bertz CT molecular complexity index is 656. The van der Waals surface area contributed by atoms with Crippen LogP contribution in [-0.4, -0.2) is 58.9 Å². The lowest BCUT2D eigenvalue weighted by atomic mass is 9.88. The maximum atomic E-state index is 12.8. The van der Waals surface area contributed by atoms with Crippen molar-refractivity contribution in [2.45, 2.75) is 52.4 Å². The molecule has 6 nitrogen and oxygen atoms in total. The Labute approximate surface area is 155 Å². The molecule has 0 unspecified atom stereocenters. The minimum Gasteiger partial charge on any atom is -0.363 e. The molecule has 3 heterocycles. The van der Waals surface area contributed by atoms with Crippen molar-refractivity contribution >= 4 is 11.8 Å². The summed E-state index contributed by atoms with van der Waals surface area (Å²) < 4.78 is 6.07. The maximum absolute atomic E-state index is 12.8. The monoisotopic (exact) mass is 359 g/mol. The molecule has 0 radical (unpaired) electrons. The van der Waals surface area contributed by atoms with Crippen LogP contribution in [0.1, 0.15) is 39.3 Å². The van der Waals surface area contributed by atoms with Crippen LogP contribution < -0.4 is 0 Å². The van der Waals surface area contributed by atoms with Gasteiger partial charge in [-0.05, 0) is 30.9 Å². The summed E-state index contributed by atoms with van der Waals surface area (Å²) >= 11 is 0. The number of pyridine rings is 1. The van der Waals surface area contributed by atoms with Gasteiger partial charge in [-0.15, -0.1) is 0 Å². The molecule has 0 aromatic carbocycles. The van der Waals surface area contributed by atoms with E-state index >= 15 is 0 Å². The molecule has 3 atom stereocenters. The van der Waals surface area contributed by atoms with E-state index in [1.807, 2.05) is 43.9 Å². The number of piperidine rings is 1. The van der Waals surface area contributed by atoms with Gasteiger partial charge in [-0.1, -0.05) is 26.8 Å². The van der Waals surface area contributed by atoms with Crippen molar-refractivity contribution < 1.29 is 14.3 Å². The number of likely N-dealkylation sites (N-methyl/N-ethyl adjacent to an activating group) is 1. The van der Waals surface area contributed by atoms with Gasteiger partial charge in [0.25, 0.3) is 5.91 Å². The second-order valence-corrected chi connectivity index (χ2v) is 8.46. The third-order valence-corrected chi connectivity index (χ3v) is 5.26. The van der Waals surface area contributed by atoms with Crippen LogP contribution in [-0.2, 0) is 20.9 Å². The molecule has 2 aliphatic rings. The van der Waals surface area contributed by atoms with Gasteiger partial charge in [-0.2, -0.15) is 0 Å². The summed E-state index contributed by atoms with van der Waals surface area (Å²) in [6.45, 7) is 7.64. The SMILES string of the molecule is CN(Cc1ccccn1)C(=O)[C@H]1C[C@@H]2CCN(C(=O)C(C)(C)C)C[C@H]2O1. The molecule has 3 rings (SSSR count). The zero-order valence-electron chi connectivity index (χ0n) is 16.1. The Balaban J connectivity index is 1.58. The number of hydrogen-bond acceptors (Lipinski definition) is 4. The van der Waals surface area contributed by atoms with Gasteiger partial charge in [0.1, 0.15) is 6.10 Å². The summed E-state index contributed by atoms with van der Waals surface area (Å²) in [5.74, 6) is 0.511. The molecule has 0 saturated carbocycles. The number of amides is 2. The van der Waals surface area contributed by atoms with Crippen molar-refractivity contribution in [1.29, 1.82) is 0 Å². The zero-order chi connectivity index (χ0) is 18.9. The van der Waals surface area contributed by atoms with Crippen LogP contribution in [0.4, 0.5) is 0 Å². The Hall–Kier alpha value is -1.95. The minimum atomic E-state index is -0.414. The Morgan fingerprint density at radius 2 is 2.12 bits per heavy atom. The van der Waals surface area contributed by atoms with Crippen LogP contribution in [0.25, 0.3) is 0 Å². The van der Waals surface area contributed by atoms with Gasteiger partial charge in [-0.25, -0.2) is 0 Å². The number of rotatable bonds is 3. The molecule has 0 spiro atoms. The Morgan fingerprint density at radius 1 is 1.35 bits per heavy atom. The van der Waals surface area contributed by atoms with E-state index in [9.17, 15) is 9.59 Å². The smallest absolute Gasteiger partial charge is 0.251 e. The number of carbonyl (C=O) groups is 2. The summed E-state index contributed by atoms with van der Waals surface area (Å²) in [6, 6.07) is 5.69. The number of nitrogens with zero attached hydrogens (tertiary/aromatic N) is 3. The molecule has 2 aliphatic heterocycles. The van der Waals surface area contributed by atoms with Crippen LogP contribution >= 0.6 is 0 Å². The second-order valence-electron chi connectivity index (χ2n) is 8.46. The molecule has 2 amide bonds. The molecule has 2 fully saturated rings. The van der Waals surface area contributed by atoms with Gasteiger partial charge < -0.3 is 14.5 Å². The van der Waals surface area contributed by atoms with Crippen molar-refractivity contribution in [1.82, 2.24) is 14.8 Å². The molecule has 6 heteroatoms. The van der Waals surface area contributed by atoms with Crippen molar-refractivity contribution in [3.05, 3.63) is 30.1 Å². The molecular weight excluding hydrogens is 330 g/mol. The summed E-state index contributed by atoms with van der Waals surface area (Å²) in [7, 11) is 1.79. The number of aromatic nitrogens is 1. The lowest BCUT2D eigenvalue weighted by Gasteiger charge is -2.37.